The second kappa shape index (κ2) is 10.2. The van der Waals surface area contributed by atoms with Crippen LogP contribution in [0.15, 0.2) is 0 Å². The van der Waals surface area contributed by atoms with Crippen LogP contribution in [0.5, 0.6) is 0 Å². The topological polar surface area (TPSA) is 37.3 Å². The van der Waals surface area contributed by atoms with Crippen molar-refractivity contribution in [2.24, 2.45) is 0 Å². The lowest BCUT2D eigenvalue weighted by Gasteiger charge is -2.41. The first kappa shape index (κ1) is 30.6. The second-order valence-electron chi connectivity index (χ2n) is 7.18. The Labute approximate surface area is 174 Å². The Kier molecular flexibility index (Phi) is 9.76. The number of unbranched alkanes of at least 4 members (excludes halogenated alkanes) is 6. The van der Waals surface area contributed by atoms with Crippen molar-refractivity contribution in [3.8, 4) is 0 Å². The van der Waals surface area contributed by atoms with Gasteiger partial charge in [-0.2, -0.15) is 52.7 Å². The van der Waals surface area contributed by atoms with E-state index < -0.39 is 60.5 Å². The number of aliphatic carboxylic acids is 1. The van der Waals surface area contributed by atoms with Crippen LogP contribution in [0.4, 0.5) is 57.1 Å². The molecule has 0 aliphatic heterocycles. The number of carboxylic acid groups (broad SMARTS) is 1. The largest absolute Gasteiger partial charge is 0.477 e. The minimum Gasteiger partial charge on any atom is -0.477 e. The molecule has 0 aromatic carbocycles. The Morgan fingerprint density at radius 2 is 1.03 bits per heavy atom. The maximum Gasteiger partial charge on any atom is 0.410 e. The third-order valence-corrected chi connectivity index (χ3v) is 4.72. The van der Waals surface area contributed by atoms with E-state index in [0.29, 0.717) is 19.3 Å². The molecular formula is C17H21F13O2. The van der Waals surface area contributed by atoms with Crippen LogP contribution >= 0.6 is 0 Å². The van der Waals surface area contributed by atoms with Crippen LogP contribution in [0.3, 0.4) is 0 Å². The Balaban J connectivity index is 5.66. The van der Waals surface area contributed by atoms with E-state index in [1.807, 2.05) is 6.92 Å². The molecule has 0 aromatic rings. The molecule has 32 heavy (non-hydrogen) atoms. The van der Waals surface area contributed by atoms with Crippen molar-refractivity contribution in [2.45, 2.75) is 100.0 Å². The van der Waals surface area contributed by atoms with Gasteiger partial charge in [0.2, 0.25) is 0 Å². The third-order valence-electron chi connectivity index (χ3n) is 4.72. The van der Waals surface area contributed by atoms with Crippen molar-refractivity contribution >= 4 is 5.97 Å². The normalized spacial score (nSPS) is 15.7. The summed E-state index contributed by atoms with van der Waals surface area (Å²) in [5, 5.41) is 7.84. The van der Waals surface area contributed by atoms with Gasteiger partial charge < -0.3 is 5.11 Å². The first-order valence-electron chi connectivity index (χ1n) is 9.32. The van der Waals surface area contributed by atoms with E-state index in [9.17, 15) is 61.9 Å². The summed E-state index contributed by atoms with van der Waals surface area (Å²) in [4.78, 5) is 10.0. The molecule has 1 unspecified atom stereocenters. The van der Waals surface area contributed by atoms with Gasteiger partial charge in [-0.3, -0.25) is 0 Å². The number of alkyl halides is 13. The van der Waals surface area contributed by atoms with Crippen LogP contribution in [-0.2, 0) is 4.79 Å². The summed E-state index contributed by atoms with van der Waals surface area (Å²) in [7, 11) is 0. The van der Waals surface area contributed by atoms with Gasteiger partial charge in [0.05, 0.1) is 0 Å². The summed E-state index contributed by atoms with van der Waals surface area (Å²) in [6.45, 7) is 1.87. The fraction of sp³-hybridized carbons (Fsp3) is 0.941. The maximum absolute atomic E-state index is 13.7. The van der Waals surface area contributed by atoms with E-state index in [1.54, 1.807) is 0 Å². The van der Waals surface area contributed by atoms with Crippen LogP contribution in [0.25, 0.3) is 0 Å². The zero-order valence-corrected chi connectivity index (χ0v) is 16.5. The van der Waals surface area contributed by atoms with Gasteiger partial charge >= 0.3 is 41.5 Å². The molecule has 0 saturated carbocycles. The van der Waals surface area contributed by atoms with Crippen LogP contribution in [0.2, 0.25) is 0 Å². The number of rotatable bonds is 15. The Bertz CT molecular complexity index is 620. The van der Waals surface area contributed by atoms with Gasteiger partial charge in [0, 0.05) is 0 Å². The number of carbonyl (C=O) groups is 1. The number of hydrogen-bond acceptors (Lipinski definition) is 1. The highest BCUT2D eigenvalue weighted by molar-refractivity contribution is 5.77. The number of hydrogen-bond donors (Lipinski definition) is 1. The van der Waals surface area contributed by atoms with Gasteiger partial charge in [-0.15, -0.1) is 0 Å². The summed E-state index contributed by atoms with van der Waals surface area (Å²) in [6.07, 6.45) is -3.14. The molecule has 0 aliphatic rings. The van der Waals surface area contributed by atoms with Gasteiger partial charge in [-0.1, -0.05) is 51.9 Å². The fourth-order valence-corrected chi connectivity index (χ4v) is 2.59. The predicted molar refractivity (Wildman–Crippen MR) is 84.8 cm³/mol. The summed E-state index contributed by atoms with van der Waals surface area (Å²) in [6, 6.07) is 0. The van der Waals surface area contributed by atoms with E-state index in [0.717, 1.165) is 12.8 Å². The lowest BCUT2D eigenvalue weighted by molar-refractivity contribution is -0.425. The Morgan fingerprint density at radius 1 is 0.656 bits per heavy atom. The minimum absolute atomic E-state index is 0.0265. The molecule has 0 heterocycles. The van der Waals surface area contributed by atoms with Crippen molar-refractivity contribution in [3.63, 3.8) is 0 Å². The first-order valence-corrected chi connectivity index (χ1v) is 9.32. The lowest BCUT2D eigenvalue weighted by atomic mass is 9.89. The van der Waals surface area contributed by atoms with Crippen molar-refractivity contribution in [2.75, 3.05) is 0 Å². The quantitative estimate of drug-likeness (QED) is 0.187. The Hall–Kier alpha value is -1.44. The fourth-order valence-electron chi connectivity index (χ4n) is 2.59. The zero-order chi connectivity index (χ0) is 25.8. The van der Waals surface area contributed by atoms with Crippen molar-refractivity contribution in [3.05, 3.63) is 0 Å². The van der Waals surface area contributed by atoms with Crippen molar-refractivity contribution in [1.29, 1.82) is 0 Å². The average molecular weight is 504 g/mol. The van der Waals surface area contributed by atoms with Crippen molar-refractivity contribution in [1.82, 2.24) is 0 Å². The summed E-state index contributed by atoms with van der Waals surface area (Å²) in [5.41, 5.74) is 0. The molecule has 0 rings (SSSR count). The molecule has 15 heteroatoms. The SMILES string of the molecule is CCCCCCCCCC(F)C(F)(F)C(F)(F)C(F)(F)C(F)(F)C(F)(F)C(F)(F)C(=O)O. The molecule has 0 radical (unpaired) electrons. The molecule has 0 aromatic heterocycles. The highest BCUT2D eigenvalue weighted by Gasteiger charge is 2.91. The molecule has 0 saturated heterocycles. The van der Waals surface area contributed by atoms with E-state index in [-0.39, 0.29) is 6.42 Å². The van der Waals surface area contributed by atoms with Gasteiger partial charge in [-0.05, 0) is 6.42 Å². The molecule has 192 valence electrons. The molecule has 0 aliphatic carbocycles. The van der Waals surface area contributed by atoms with Crippen LogP contribution < -0.4 is 0 Å². The monoisotopic (exact) mass is 504 g/mol. The summed E-state index contributed by atoms with van der Waals surface area (Å²) >= 11 is 0. The lowest BCUT2D eigenvalue weighted by Crippen LogP contribution is -2.72. The standard InChI is InChI=1S/C17H21F13O2/c1-2-3-4-5-6-7-8-9-10(18)12(19,20)14(23,24)16(27,28)17(29,30)15(25,26)13(21,22)11(31)32/h10H,2-9H2,1H3,(H,31,32). The van der Waals surface area contributed by atoms with Gasteiger partial charge in [0.1, 0.15) is 0 Å². The predicted octanol–water partition coefficient (Wildman–Crippen LogP) is 7.36. The van der Waals surface area contributed by atoms with E-state index >= 15 is 0 Å². The van der Waals surface area contributed by atoms with E-state index in [4.69, 9.17) is 5.11 Å². The summed E-state index contributed by atoms with van der Waals surface area (Å²) < 4.78 is 174. The first-order chi connectivity index (χ1) is 14.2. The third kappa shape index (κ3) is 5.20. The molecular weight excluding hydrogens is 483 g/mol. The molecule has 1 N–H and O–H groups in total. The van der Waals surface area contributed by atoms with E-state index in [2.05, 4.69) is 0 Å². The van der Waals surface area contributed by atoms with E-state index in [1.165, 1.54) is 0 Å². The molecule has 0 spiro atoms. The second-order valence-corrected chi connectivity index (χ2v) is 7.18. The maximum atomic E-state index is 13.7. The average Bonchev–Trinajstić information content (AvgIpc) is 2.65. The number of carboxylic acids is 1. The van der Waals surface area contributed by atoms with Crippen LogP contribution in [0.1, 0.15) is 58.3 Å². The molecule has 0 bridgehead atoms. The molecule has 0 amide bonds. The molecule has 1 atom stereocenters. The summed E-state index contributed by atoms with van der Waals surface area (Å²) in [5.74, 6) is -49.2. The van der Waals surface area contributed by atoms with Gasteiger partial charge in [0.25, 0.3) is 0 Å². The van der Waals surface area contributed by atoms with Gasteiger partial charge in [0.15, 0.2) is 6.17 Å². The molecule has 0 fully saturated rings. The van der Waals surface area contributed by atoms with Crippen LogP contribution in [0, 0.1) is 0 Å². The Morgan fingerprint density at radius 3 is 1.44 bits per heavy atom. The molecule has 2 nitrogen and oxygen atoms in total. The highest BCUT2D eigenvalue weighted by Crippen LogP contribution is 2.60. The number of halogens is 13. The van der Waals surface area contributed by atoms with Crippen LogP contribution in [-0.4, -0.2) is 52.8 Å². The smallest absolute Gasteiger partial charge is 0.410 e. The van der Waals surface area contributed by atoms with Gasteiger partial charge in [-0.25, -0.2) is 9.18 Å². The minimum atomic E-state index is -8.02. The highest BCUT2D eigenvalue weighted by atomic mass is 19.4. The zero-order valence-electron chi connectivity index (χ0n) is 16.5. The van der Waals surface area contributed by atoms with Crippen molar-refractivity contribution < 1.29 is 67.0 Å².